The lowest BCUT2D eigenvalue weighted by Crippen LogP contribution is -2.08. The second-order valence-corrected chi connectivity index (χ2v) is 4.86. The van der Waals surface area contributed by atoms with E-state index in [-0.39, 0.29) is 17.9 Å². The van der Waals surface area contributed by atoms with Gasteiger partial charge in [-0.3, -0.25) is 10.1 Å². The number of aromatic nitrogens is 1. The maximum atomic E-state index is 13.0. The number of aromatic carboxylic acids is 1. The van der Waals surface area contributed by atoms with Crippen LogP contribution in [0, 0.1) is 15.9 Å². The molecule has 20 heavy (non-hydrogen) atoms. The predicted octanol–water partition coefficient (Wildman–Crippen LogP) is 3.04. The smallest absolute Gasteiger partial charge is 0.352 e. The number of carboxylic acid groups (broad SMARTS) is 1. The van der Waals surface area contributed by atoms with E-state index in [2.05, 4.69) is 15.9 Å². The first-order valence-electron chi connectivity index (χ1n) is 5.40. The minimum Gasteiger partial charge on any atom is -0.477 e. The molecule has 104 valence electrons. The van der Waals surface area contributed by atoms with Gasteiger partial charge in [0.25, 0.3) is 5.69 Å². The number of hydrogen-bond acceptors (Lipinski definition) is 3. The molecule has 2 rings (SSSR count). The highest BCUT2D eigenvalue weighted by Gasteiger charge is 2.19. The van der Waals surface area contributed by atoms with Crippen LogP contribution in [0.4, 0.5) is 10.1 Å². The molecule has 0 saturated carbocycles. The van der Waals surface area contributed by atoms with E-state index < -0.39 is 16.7 Å². The average Bonchev–Trinajstić information content (AvgIpc) is 2.77. The Morgan fingerprint density at radius 1 is 1.45 bits per heavy atom. The van der Waals surface area contributed by atoms with Crippen LogP contribution < -0.4 is 0 Å². The van der Waals surface area contributed by atoms with Crippen LogP contribution >= 0.6 is 15.9 Å². The summed E-state index contributed by atoms with van der Waals surface area (Å²) in [5.74, 6) is -1.70. The summed E-state index contributed by atoms with van der Waals surface area (Å²) >= 11 is 3.17. The minimum absolute atomic E-state index is 0.0797. The first-order chi connectivity index (χ1) is 9.38. The van der Waals surface area contributed by atoms with E-state index in [0.29, 0.717) is 10.0 Å². The molecule has 0 aliphatic heterocycles. The van der Waals surface area contributed by atoms with Crippen molar-refractivity contribution in [2.75, 3.05) is 0 Å². The number of hydrogen-bond donors (Lipinski definition) is 1. The zero-order valence-corrected chi connectivity index (χ0v) is 11.5. The molecule has 0 atom stereocenters. The molecule has 6 nitrogen and oxygen atoms in total. The van der Waals surface area contributed by atoms with E-state index in [1.807, 2.05) is 0 Å². The van der Waals surface area contributed by atoms with Crippen molar-refractivity contribution in [3.63, 3.8) is 0 Å². The Hall–Kier alpha value is -2.22. The zero-order valence-electron chi connectivity index (χ0n) is 9.92. The fourth-order valence-electron chi connectivity index (χ4n) is 1.74. The van der Waals surface area contributed by atoms with E-state index in [0.717, 1.165) is 12.3 Å². The van der Waals surface area contributed by atoms with Crippen molar-refractivity contribution >= 4 is 27.6 Å². The number of rotatable bonds is 4. The van der Waals surface area contributed by atoms with Gasteiger partial charge in [0.15, 0.2) is 0 Å². The Kier molecular flexibility index (Phi) is 3.84. The van der Waals surface area contributed by atoms with Gasteiger partial charge < -0.3 is 9.67 Å². The minimum atomic E-state index is -1.27. The SMILES string of the molecule is O=C(O)c1cc([N+](=O)[O-])cn1Cc1ccc(F)cc1Br. The van der Waals surface area contributed by atoms with E-state index in [4.69, 9.17) is 5.11 Å². The van der Waals surface area contributed by atoms with Crippen molar-refractivity contribution in [2.45, 2.75) is 6.54 Å². The van der Waals surface area contributed by atoms with Crippen molar-refractivity contribution in [2.24, 2.45) is 0 Å². The van der Waals surface area contributed by atoms with Crippen molar-refractivity contribution in [1.29, 1.82) is 0 Å². The number of benzene rings is 1. The van der Waals surface area contributed by atoms with Gasteiger partial charge in [-0.15, -0.1) is 0 Å². The highest BCUT2D eigenvalue weighted by Crippen LogP contribution is 2.22. The molecule has 0 spiro atoms. The lowest BCUT2D eigenvalue weighted by Gasteiger charge is -2.07. The van der Waals surface area contributed by atoms with E-state index in [9.17, 15) is 19.3 Å². The molecule has 8 heteroatoms. The Morgan fingerprint density at radius 2 is 2.15 bits per heavy atom. The maximum Gasteiger partial charge on any atom is 0.352 e. The molecule has 0 radical (unpaired) electrons. The zero-order chi connectivity index (χ0) is 14.9. The highest BCUT2D eigenvalue weighted by molar-refractivity contribution is 9.10. The highest BCUT2D eigenvalue weighted by atomic mass is 79.9. The first-order valence-corrected chi connectivity index (χ1v) is 6.19. The van der Waals surface area contributed by atoms with Gasteiger partial charge in [0, 0.05) is 17.1 Å². The predicted molar refractivity (Wildman–Crippen MR) is 71.2 cm³/mol. The normalized spacial score (nSPS) is 10.5. The van der Waals surface area contributed by atoms with Gasteiger partial charge in [-0.25, -0.2) is 9.18 Å². The number of nitrogens with zero attached hydrogens (tertiary/aromatic N) is 2. The lowest BCUT2D eigenvalue weighted by atomic mass is 10.2. The summed E-state index contributed by atoms with van der Waals surface area (Å²) in [5.41, 5.74) is 0.105. The Labute approximate surface area is 120 Å². The second-order valence-electron chi connectivity index (χ2n) is 4.01. The molecular formula is C12H8BrFN2O4. The van der Waals surface area contributed by atoms with Crippen LogP contribution in [0.5, 0.6) is 0 Å². The summed E-state index contributed by atoms with van der Waals surface area (Å²) < 4.78 is 14.7. The molecule has 1 aromatic carbocycles. The van der Waals surface area contributed by atoms with E-state index in [1.165, 1.54) is 22.8 Å². The molecule has 0 aliphatic carbocycles. The number of carbonyl (C=O) groups is 1. The molecule has 1 N–H and O–H groups in total. The molecule has 1 aromatic heterocycles. The van der Waals surface area contributed by atoms with Gasteiger partial charge in [0.1, 0.15) is 11.5 Å². The number of halogens is 2. The van der Waals surface area contributed by atoms with Gasteiger partial charge in [-0.05, 0) is 17.7 Å². The molecule has 0 aliphatic rings. The summed E-state index contributed by atoms with van der Waals surface area (Å²) in [6.45, 7) is 0.0797. The fourth-order valence-corrected chi connectivity index (χ4v) is 2.21. The van der Waals surface area contributed by atoms with Crippen molar-refractivity contribution in [1.82, 2.24) is 4.57 Å². The van der Waals surface area contributed by atoms with Crippen molar-refractivity contribution in [3.05, 3.63) is 62.1 Å². The summed E-state index contributed by atoms with van der Waals surface area (Å²) in [5, 5.41) is 19.7. The lowest BCUT2D eigenvalue weighted by molar-refractivity contribution is -0.384. The first kappa shape index (κ1) is 14.2. The Bertz CT molecular complexity index is 699. The summed E-state index contributed by atoms with van der Waals surface area (Å²) in [4.78, 5) is 21.1. The third kappa shape index (κ3) is 2.85. The van der Waals surface area contributed by atoms with Gasteiger partial charge >= 0.3 is 5.97 Å². The van der Waals surface area contributed by atoms with E-state index >= 15 is 0 Å². The molecule has 0 bridgehead atoms. The van der Waals surface area contributed by atoms with Crippen LogP contribution in [0.2, 0.25) is 0 Å². The van der Waals surface area contributed by atoms with Crippen LogP contribution in [0.25, 0.3) is 0 Å². The Balaban J connectivity index is 2.42. The van der Waals surface area contributed by atoms with Crippen LogP contribution in [-0.4, -0.2) is 20.6 Å². The monoisotopic (exact) mass is 342 g/mol. The van der Waals surface area contributed by atoms with Crippen molar-refractivity contribution in [3.8, 4) is 0 Å². The van der Waals surface area contributed by atoms with Gasteiger partial charge in [-0.2, -0.15) is 0 Å². The van der Waals surface area contributed by atoms with Crippen LogP contribution in [-0.2, 0) is 6.54 Å². The Morgan fingerprint density at radius 3 is 2.70 bits per heavy atom. The molecule has 0 unspecified atom stereocenters. The molecule has 2 aromatic rings. The standard InChI is InChI=1S/C12H8BrFN2O4/c13-10-3-8(14)2-1-7(10)5-15-6-9(16(19)20)4-11(15)12(17)18/h1-4,6H,5H2,(H,17,18). The third-order valence-electron chi connectivity index (χ3n) is 2.67. The van der Waals surface area contributed by atoms with Gasteiger partial charge in [-0.1, -0.05) is 22.0 Å². The average molecular weight is 343 g/mol. The fraction of sp³-hybridized carbons (Fsp3) is 0.0833. The van der Waals surface area contributed by atoms with Gasteiger partial charge in [0.2, 0.25) is 0 Å². The van der Waals surface area contributed by atoms with Crippen LogP contribution in [0.1, 0.15) is 16.1 Å². The molecule has 0 amide bonds. The van der Waals surface area contributed by atoms with Crippen LogP contribution in [0.15, 0.2) is 34.9 Å². The molecule has 0 saturated heterocycles. The van der Waals surface area contributed by atoms with Crippen LogP contribution in [0.3, 0.4) is 0 Å². The van der Waals surface area contributed by atoms with Gasteiger partial charge in [0.05, 0.1) is 11.1 Å². The van der Waals surface area contributed by atoms with E-state index in [1.54, 1.807) is 0 Å². The number of carboxylic acids is 1. The topological polar surface area (TPSA) is 85.4 Å². The maximum absolute atomic E-state index is 13.0. The summed E-state index contributed by atoms with van der Waals surface area (Å²) in [6.07, 6.45) is 1.14. The summed E-state index contributed by atoms with van der Waals surface area (Å²) in [6, 6.07) is 4.95. The number of nitro groups is 1. The quantitative estimate of drug-likeness (QED) is 0.683. The summed E-state index contributed by atoms with van der Waals surface area (Å²) in [7, 11) is 0. The molecule has 0 fully saturated rings. The second kappa shape index (κ2) is 5.41. The van der Waals surface area contributed by atoms with Crippen molar-refractivity contribution < 1.29 is 19.2 Å². The molecule has 1 heterocycles. The largest absolute Gasteiger partial charge is 0.477 e. The third-order valence-corrected chi connectivity index (χ3v) is 3.41. The molecular weight excluding hydrogens is 335 g/mol.